The van der Waals surface area contributed by atoms with E-state index in [0.717, 1.165) is 4.88 Å². The van der Waals surface area contributed by atoms with Crippen LogP contribution in [0, 0.1) is 0 Å². The Bertz CT molecular complexity index is 353. The third-order valence-corrected chi connectivity index (χ3v) is 2.47. The molecule has 0 radical (unpaired) electrons. The number of azide groups is 1. The van der Waals surface area contributed by atoms with Gasteiger partial charge in [0.15, 0.2) is 0 Å². The van der Waals surface area contributed by atoms with Gasteiger partial charge in [-0.25, -0.2) is 0 Å². The molecule has 0 aliphatic carbocycles. The molecule has 1 aromatic rings. The molecule has 1 heterocycles. The second-order valence-corrected chi connectivity index (χ2v) is 3.40. The summed E-state index contributed by atoms with van der Waals surface area (Å²) in [5.41, 5.74) is 8.07. The van der Waals surface area contributed by atoms with E-state index in [0.29, 0.717) is 11.4 Å². The van der Waals surface area contributed by atoms with Gasteiger partial charge in [-0.2, -0.15) is 0 Å². The minimum Gasteiger partial charge on any atom is -0.354 e. The van der Waals surface area contributed by atoms with Gasteiger partial charge in [-0.05, 0) is 17.7 Å². The van der Waals surface area contributed by atoms with E-state index < -0.39 is 0 Å². The van der Waals surface area contributed by atoms with Gasteiger partial charge in [0.2, 0.25) is 0 Å². The summed E-state index contributed by atoms with van der Waals surface area (Å²) in [7, 11) is 1.58. The van der Waals surface area contributed by atoms with Crippen LogP contribution in [0.5, 0.6) is 0 Å². The van der Waals surface area contributed by atoms with E-state index in [1.165, 1.54) is 11.3 Å². The first-order valence-electron chi connectivity index (χ1n) is 3.59. The van der Waals surface area contributed by atoms with Crippen LogP contribution in [0.3, 0.4) is 0 Å². The fraction of sp³-hybridized carbons (Fsp3) is 0.286. The average Bonchev–Trinajstić information content (AvgIpc) is 2.62. The Labute approximate surface area is 79.0 Å². The molecule has 0 saturated carbocycles. The molecule has 1 amide bonds. The smallest absolute Gasteiger partial charge is 0.261 e. The fourth-order valence-electron chi connectivity index (χ4n) is 0.809. The number of amides is 1. The number of carbonyl (C=O) groups is 1. The Hall–Kier alpha value is -1.52. The summed E-state index contributed by atoms with van der Waals surface area (Å²) >= 11 is 1.33. The molecule has 68 valence electrons. The number of carbonyl (C=O) groups excluding carboxylic acids is 1. The molecule has 0 aliphatic heterocycles. The maximum Gasteiger partial charge on any atom is 0.261 e. The molecule has 13 heavy (non-hydrogen) atoms. The summed E-state index contributed by atoms with van der Waals surface area (Å²) in [6.07, 6.45) is 0. The Balaban J connectivity index is 2.74. The zero-order valence-corrected chi connectivity index (χ0v) is 7.84. The molecule has 0 fully saturated rings. The maximum atomic E-state index is 11.1. The second kappa shape index (κ2) is 4.49. The lowest BCUT2D eigenvalue weighted by atomic mass is 10.4. The molecule has 0 aliphatic rings. The molecule has 0 unspecified atom stereocenters. The lowest BCUT2D eigenvalue weighted by Gasteiger charge is -1.91. The topological polar surface area (TPSA) is 77.9 Å². The highest BCUT2D eigenvalue weighted by Crippen LogP contribution is 2.16. The van der Waals surface area contributed by atoms with Gasteiger partial charge in [-0.1, -0.05) is 5.11 Å². The number of hydrogen-bond donors (Lipinski definition) is 1. The van der Waals surface area contributed by atoms with Crippen LogP contribution in [-0.2, 0) is 6.54 Å². The van der Waals surface area contributed by atoms with E-state index in [-0.39, 0.29) is 5.91 Å². The van der Waals surface area contributed by atoms with Gasteiger partial charge in [0.25, 0.3) is 5.91 Å². The third kappa shape index (κ3) is 2.47. The predicted octanol–water partition coefficient (Wildman–Crippen LogP) is 1.92. The molecule has 0 atom stereocenters. The summed E-state index contributed by atoms with van der Waals surface area (Å²) < 4.78 is 0. The van der Waals surface area contributed by atoms with Gasteiger partial charge in [0.05, 0.1) is 11.4 Å². The number of nitrogens with zero attached hydrogens (tertiary/aromatic N) is 3. The highest BCUT2D eigenvalue weighted by molar-refractivity contribution is 7.14. The lowest BCUT2D eigenvalue weighted by molar-refractivity contribution is 0.0967. The Morgan fingerprint density at radius 2 is 2.54 bits per heavy atom. The minimum atomic E-state index is -0.114. The molecule has 0 aromatic carbocycles. The maximum absolute atomic E-state index is 11.1. The zero-order valence-electron chi connectivity index (χ0n) is 7.02. The van der Waals surface area contributed by atoms with Crippen LogP contribution in [0.1, 0.15) is 14.5 Å². The molecule has 0 bridgehead atoms. The van der Waals surface area contributed by atoms with Gasteiger partial charge in [0.1, 0.15) is 0 Å². The van der Waals surface area contributed by atoms with Crippen molar-refractivity contribution in [3.63, 3.8) is 0 Å². The fourth-order valence-corrected chi connectivity index (χ4v) is 1.68. The van der Waals surface area contributed by atoms with E-state index in [4.69, 9.17) is 5.53 Å². The van der Waals surface area contributed by atoms with Crippen molar-refractivity contribution in [1.29, 1.82) is 0 Å². The van der Waals surface area contributed by atoms with E-state index in [1.54, 1.807) is 19.2 Å². The summed E-state index contributed by atoms with van der Waals surface area (Å²) in [5.74, 6) is -0.114. The van der Waals surface area contributed by atoms with E-state index >= 15 is 0 Å². The molecule has 5 nitrogen and oxygen atoms in total. The van der Waals surface area contributed by atoms with Crippen molar-refractivity contribution in [2.75, 3.05) is 7.05 Å². The van der Waals surface area contributed by atoms with Crippen LogP contribution in [0.2, 0.25) is 0 Å². The SMILES string of the molecule is CNC(=O)c1ccc(CN=[N+]=[N-])s1. The van der Waals surface area contributed by atoms with Crippen LogP contribution in [0.4, 0.5) is 0 Å². The highest BCUT2D eigenvalue weighted by atomic mass is 32.1. The Morgan fingerprint density at radius 3 is 3.15 bits per heavy atom. The van der Waals surface area contributed by atoms with Gasteiger partial charge in [-0.3, -0.25) is 4.79 Å². The molecule has 1 N–H and O–H groups in total. The van der Waals surface area contributed by atoms with E-state index in [2.05, 4.69) is 15.3 Å². The molecule has 6 heteroatoms. The summed E-state index contributed by atoms with van der Waals surface area (Å²) in [4.78, 5) is 15.2. The first kappa shape index (κ1) is 9.57. The molecule has 1 rings (SSSR count). The Kier molecular flexibility index (Phi) is 3.31. The predicted molar refractivity (Wildman–Crippen MR) is 50.6 cm³/mol. The molecular weight excluding hydrogens is 188 g/mol. The molecule has 1 aromatic heterocycles. The third-order valence-electron chi connectivity index (χ3n) is 1.40. The van der Waals surface area contributed by atoms with Crippen LogP contribution in [0.25, 0.3) is 10.4 Å². The van der Waals surface area contributed by atoms with Gasteiger partial charge >= 0.3 is 0 Å². The largest absolute Gasteiger partial charge is 0.354 e. The van der Waals surface area contributed by atoms with Gasteiger partial charge in [-0.15, -0.1) is 11.3 Å². The normalized spacial score (nSPS) is 9.00. The minimum absolute atomic E-state index is 0.114. The van der Waals surface area contributed by atoms with Gasteiger partial charge < -0.3 is 5.32 Å². The Morgan fingerprint density at radius 1 is 1.77 bits per heavy atom. The quantitative estimate of drug-likeness (QED) is 0.447. The van der Waals surface area contributed by atoms with Crippen LogP contribution >= 0.6 is 11.3 Å². The van der Waals surface area contributed by atoms with E-state index in [1.807, 2.05) is 0 Å². The summed E-state index contributed by atoms with van der Waals surface area (Å²) in [6.45, 7) is 0.304. The van der Waals surface area contributed by atoms with Crippen LogP contribution in [-0.4, -0.2) is 13.0 Å². The van der Waals surface area contributed by atoms with Crippen molar-refractivity contribution in [3.05, 3.63) is 32.3 Å². The monoisotopic (exact) mass is 196 g/mol. The molecule has 0 spiro atoms. The molecule has 0 saturated heterocycles. The van der Waals surface area contributed by atoms with Crippen molar-refractivity contribution in [2.45, 2.75) is 6.54 Å². The van der Waals surface area contributed by atoms with Crippen molar-refractivity contribution >= 4 is 17.2 Å². The van der Waals surface area contributed by atoms with Crippen molar-refractivity contribution < 1.29 is 4.79 Å². The second-order valence-electron chi connectivity index (χ2n) is 2.23. The summed E-state index contributed by atoms with van der Waals surface area (Å²) in [6, 6.07) is 3.50. The van der Waals surface area contributed by atoms with Crippen LogP contribution in [0.15, 0.2) is 17.2 Å². The zero-order chi connectivity index (χ0) is 9.68. The van der Waals surface area contributed by atoms with Crippen molar-refractivity contribution in [2.24, 2.45) is 5.11 Å². The first-order valence-corrected chi connectivity index (χ1v) is 4.41. The highest BCUT2D eigenvalue weighted by Gasteiger charge is 2.05. The number of nitrogens with one attached hydrogen (secondary N) is 1. The molecular formula is C7H8N4OS. The average molecular weight is 196 g/mol. The standard InChI is InChI=1S/C7H8N4OS/c1-9-7(12)6-3-2-5(13-6)4-10-11-8/h2-3H,4H2,1H3,(H,9,12). The van der Waals surface area contributed by atoms with Crippen molar-refractivity contribution in [3.8, 4) is 0 Å². The van der Waals surface area contributed by atoms with Crippen molar-refractivity contribution in [1.82, 2.24) is 5.32 Å². The number of thiophene rings is 1. The number of hydrogen-bond acceptors (Lipinski definition) is 3. The van der Waals surface area contributed by atoms with Crippen LogP contribution < -0.4 is 5.32 Å². The van der Waals surface area contributed by atoms with Gasteiger partial charge in [0, 0.05) is 16.8 Å². The first-order chi connectivity index (χ1) is 6.27. The summed E-state index contributed by atoms with van der Waals surface area (Å²) in [5, 5.41) is 5.92. The number of rotatable bonds is 3. The lowest BCUT2D eigenvalue weighted by Crippen LogP contribution is -2.15. The van der Waals surface area contributed by atoms with E-state index in [9.17, 15) is 4.79 Å².